The lowest BCUT2D eigenvalue weighted by molar-refractivity contribution is -0.138. The van der Waals surface area contributed by atoms with Crippen LogP contribution in [0.25, 0.3) is 0 Å². The number of carbonyl (C=O) groups is 2. The predicted molar refractivity (Wildman–Crippen MR) is 124 cm³/mol. The van der Waals surface area contributed by atoms with E-state index < -0.39 is 23.4 Å². The van der Waals surface area contributed by atoms with E-state index in [1.165, 1.54) is 12.1 Å². The lowest BCUT2D eigenvalue weighted by Crippen LogP contribution is -2.57. The Bertz CT molecular complexity index is 1160. The van der Waals surface area contributed by atoms with Gasteiger partial charge in [0, 0.05) is 54.2 Å². The average molecular weight is 557 g/mol. The summed E-state index contributed by atoms with van der Waals surface area (Å²) >= 11 is 3.08. The van der Waals surface area contributed by atoms with Gasteiger partial charge in [-0.2, -0.15) is 23.4 Å². The summed E-state index contributed by atoms with van der Waals surface area (Å²) in [6.45, 7) is 5.20. The number of H-pyrrole nitrogens is 1. The first-order valence-electron chi connectivity index (χ1n) is 11.0. The molecule has 2 aliphatic rings. The maximum absolute atomic E-state index is 13.5. The summed E-state index contributed by atoms with van der Waals surface area (Å²) in [6.07, 6.45) is -4.64. The minimum Gasteiger partial charge on any atom is -0.435 e. The quantitative estimate of drug-likeness (QED) is 0.521. The summed E-state index contributed by atoms with van der Waals surface area (Å²) in [6, 6.07) is 5.27. The molecule has 1 fully saturated rings. The number of hydrogen-bond acceptors (Lipinski definition) is 6. The summed E-state index contributed by atoms with van der Waals surface area (Å²) in [5, 5.41) is 13.7. The number of aromatic amines is 1. The highest BCUT2D eigenvalue weighted by Crippen LogP contribution is 2.40. The second-order valence-electron chi connectivity index (χ2n) is 8.73. The zero-order valence-corrected chi connectivity index (χ0v) is 20.6. The number of aromatic nitrogens is 2. The van der Waals surface area contributed by atoms with Crippen molar-refractivity contribution in [1.29, 1.82) is 0 Å². The molecule has 0 radical (unpaired) electrons. The van der Waals surface area contributed by atoms with Crippen LogP contribution in [-0.2, 0) is 10.9 Å². The van der Waals surface area contributed by atoms with E-state index in [4.69, 9.17) is 4.74 Å². The largest absolute Gasteiger partial charge is 0.435 e. The second-order valence-corrected chi connectivity index (χ2v) is 9.53. The number of ether oxygens (including phenoxy) is 1. The molecule has 0 aliphatic carbocycles. The monoisotopic (exact) mass is 556 g/mol. The van der Waals surface area contributed by atoms with Crippen LogP contribution in [-0.4, -0.2) is 64.1 Å². The number of alkyl halides is 3. The second kappa shape index (κ2) is 9.61. The third-order valence-corrected chi connectivity index (χ3v) is 6.90. The molecule has 0 saturated carbocycles. The Morgan fingerprint density at radius 1 is 1.34 bits per heavy atom. The molecule has 4 rings (SSSR count). The van der Waals surface area contributed by atoms with E-state index >= 15 is 0 Å². The number of hydrazone groups is 1. The van der Waals surface area contributed by atoms with Crippen molar-refractivity contribution in [3.05, 3.63) is 51.3 Å². The molecular formula is C22H24BrF3N6O3. The van der Waals surface area contributed by atoms with Gasteiger partial charge >= 0.3 is 12.3 Å². The molecule has 3 heterocycles. The van der Waals surface area contributed by atoms with E-state index in [2.05, 4.69) is 46.9 Å². The van der Waals surface area contributed by atoms with Crippen molar-refractivity contribution >= 4 is 33.6 Å². The molecule has 2 amide bonds. The van der Waals surface area contributed by atoms with Crippen LogP contribution in [0.3, 0.4) is 0 Å². The number of piperidine rings is 1. The van der Waals surface area contributed by atoms with E-state index in [0.29, 0.717) is 38.2 Å². The number of amides is 2. The molecule has 2 aliphatic heterocycles. The Morgan fingerprint density at radius 2 is 2.06 bits per heavy atom. The van der Waals surface area contributed by atoms with Crippen molar-refractivity contribution in [2.24, 2.45) is 5.10 Å². The highest BCUT2D eigenvalue weighted by atomic mass is 79.9. The van der Waals surface area contributed by atoms with Crippen LogP contribution in [0.15, 0.2) is 33.8 Å². The minimum atomic E-state index is -4.56. The molecule has 1 aromatic carbocycles. The Kier molecular flexibility index (Phi) is 6.91. The zero-order chi connectivity index (χ0) is 25.4. The molecule has 1 saturated heterocycles. The van der Waals surface area contributed by atoms with Gasteiger partial charge in [-0.05, 0) is 41.9 Å². The van der Waals surface area contributed by atoms with Crippen molar-refractivity contribution in [2.75, 3.05) is 19.6 Å². The fourth-order valence-corrected chi connectivity index (χ4v) is 5.07. The first kappa shape index (κ1) is 25.2. The molecule has 0 bridgehead atoms. The van der Waals surface area contributed by atoms with Gasteiger partial charge < -0.3 is 15.0 Å². The van der Waals surface area contributed by atoms with Crippen LogP contribution >= 0.6 is 15.9 Å². The number of hydrogen-bond donors (Lipinski definition) is 3. The highest BCUT2D eigenvalue weighted by molar-refractivity contribution is 9.10. The van der Waals surface area contributed by atoms with Crippen molar-refractivity contribution in [2.45, 2.75) is 44.5 Å². The Hall–Kier alpha value is -2.93. The molecule has 35 heavy (non-hydrogen) atoms. The lowest BCUT2D eigenvalue weighted by Gasteiger charge is -2.43. The average Bonchev–Trinajstić information content (AvgIpc) is 3.22. The van der Waals surface area contributed by atoms with Gasteiger partial charge in [-0.15, -0.1) is 0 Å². The first-order valence-corrected chi connectivity index (χ1v) is 11.8. The molecule has 1 aromatic heterocycles. The Balaban J connectivity index is 1.46. The standard InChI is InChI=1S/C22H24BrF3N6O3/c1-12-10-16(29-28-12)19(33)27-13(2)11-32-8-6-21(7-9-32)18(30-31-20(34)35-21)14-4-3-5-15(17(14)23)22(24,25)26/h3-5,10,13H,6-9,11H2,1-2H3,(H,27,33)(H,28,29)(H,31,34)/t13-/m0/s1. The number of likely N-dealkylation sites (tertiary alicyclic amines) is 1. The van der Waals surface area contributed by atoms with E-state index in [9.17, 15) is 22.8 Å². The van der Waals surface area contributed by atoms with Crippen LogP contribution in [0.4, 0.5) is 18.0 Å². The number of rotatable bonds is 5. The molecule has 13 heteroatoms. The topological polar surface area (TPSA) is 112 Å². The summed E-state index contributed by atoms with van der Waals surface area (Å²) in [4.78, 5) is 26.5. The number of benzene rings is 1. The SMILES string of the molecule is Cc1cc(C(=O)N[C@@H](C)CN2CCC3(CC2)OC(=O)NN=C3c2cccc(C(F)(F)F)c2Br)n[nH]1. The van der Waals surface area contributed by atoms with Gasteiger partial charge in [0.05, 0.1) is 5.56 Å². The third kappa shape index (κ3) is 5.35. The number of halogens is 4. The first-order chi connectivity index (χ1) is 16.5. The summed E-state index contributed by atoms with van der Waals surface area (Å²) in [7, 11) is 0. The number of nitrogens with one attached hydrogen (secondary N) is 3. The van der Waals surface area contributed by atoms with E-state index in [1.807, 2.05) is 6.92 Å². The molecule has 2 aromatic rings. The maximum atomic E-state index is 13.5. The van der Waals surface area contributed by atoms with Crippen molar-refractivity contribution in [3.8, 4) is 0 Å². The number of aryl methyl sites for hydroxylation is 1. The summed E-state index contributed by atoms with van der Waals surface area (Å²) < 4.78 is 45.8. The van der Waals surface area contributed by atoms with E-state index in [1.54, 1.807) is 13.0 Å². The summed E-state index contributed by atoms with van der Waals surface area (Å²) in [5.74, 6) is -0.286. The molecule has 1 atom stereocenters. The normalized spacial score (nSPS) is 19.0. The minimum absolute atomic E-state index is 0.155. The molecular weight excluding hydrogens is 533 g/mol. The number of carbonyl (C=O) groups excluding carboxylic acids is 2. The van der Waals surface area contributed by atoms with Crippen molar-refractivity contribution in [1.82, 2.24) is 25.8 Å². The highest BCUT2D eigenvalue weighted by Gasteiger charge is 2.47. The van der Waals surface area contributed by atoms with E-state index in [0.717, 1.165) is 11.8 Å². The molecule has 188 valence electrons. The smallest absolute Gasteiger partial charge is 0.428 e. The van der Waals surface area contributed by atoms with Gasteiger partial charge in [-0.3, -0.25) is 9.89 Å². The van der Waals surface area contributed by atoms with Gasteiger partial charge in [0.1, 0.15) is 11.4 Å². The van der Waals surface area contributed by atoms with Gasteiger partial charge in [-0.1, -0.05) is 12.1 Å². The van der Waals surface area contributed by atoms with Gasteiger partial charge in [0.25, 0.3) is 5.91 Å². The Morgan fingerprint density at radius 3 is 2.69 bits per heavy atom. The zero-order valence-electron chi connectivity index (χ0n) is 19.0. The van der Waals surface area contributed by atoms with Gasteiger partial charge in [0.15, 0.2) is 5.60 Å². The molecule has 3 N–H and O–H groups in total. The van der Waals surface area contributed by atoms with Crippen LogP contribution in [0.5, 0.6) is 0 Å². The lowest BCUT2D eigenvalue weighted by atomic mass is 9.82. The molecule has 0 unspecified atom stereocenters. The van der Waals surface area contributed by atoms with Crippen LogP contribution in [0, 0.1) is 6.92 Å². The van der Waals surface area contributed by atoms with Gasteiger partial charge in [0.2, 0.25) is 0 Å². The number of nitrogens with zero attached hydrogens (tertiary/aromatic N) is 3. The molecule has 1 spiro atoms. The third-order valence-electron chi connectivity index (χ3n) is 6.05. The van der Waals surface area contributed by atoms with Gasteiger partial charge in [-0.25, -0.2) is 10.2 Å². The fraction of sp³-hybridized carbons (Fsp3) is 0.455. The van der Waals surface area contributed by atoms with Crippen LogP contribution < -0.4 is 10.7 Å². The predicted octanol–water partition coefficient (Wildman–Crippen LogP) is 3.60. The van der Waals surface area contributed by atoms with Crippen LogP contribution in [0.2, 0.25) is 0 Å². The summed E-state index contributed by atoms with van der Waals surface area (Å²) in [5.41, 5.74) is 1.77. The van der Waals surface area contributed by atoms with E-state index in [-0.39, 0.29) is 27.7 Å². The fourth-order valence-electron chi connectivity index (χ4n) is 4.39. The molecule has 9 nitrogen and oxygen atoms in total. The van der Waals surface area contributed by atoms with Crippen molar-refractivity contribution < 1.29 is 27.5 Å². The van der Waals surface area contributed by atoms with Crippen LogP contribution in [0.1, 0.15) is 47.1 Å². The van der Waals surface area contributed by atoms with Crippen molar-refractivity contribution in [3.63, 3.8) is 0 Å². The Labute approximate surface area is 207 Å². The maximum Gasteiger partial charge on any atom is 0.428 e.